The second-order valence-corrected chi connectivity index (χ2v) is 19.2. The lowest BCUT2D eigenvalue weighted by molar-refractivity contribution is -0.274. The average Bonchev–Trinajstić information content (AvgIpc) is 3.60. The molecule has 3 aromatic carbocycles. The Morgan fingerprint density at radius 3 is 2.34 bits per heavy atom. The number of fused-ring (bicyclic) bond motifs is 2. The molecular weight excluding hydrogens is 703 g/mol. The number of nitrogens with one attached hydrogen (secondary N) is 2. The van der Waals surface area contributed by atoms with Gasteiger partial charge in [0.15, 0.2) is 18.0 Å². The number of amides is 3. The molecule has 0 aliphatic carbocycles. The van der Waals surface area contributed by atoms with Gasteiger partial charge in [-0.15, -0.1) is 0 Å². The highest BCUT2D eigenvalue weighted by Crippen LogP contribution is 2.59. The normalized spacial score (nSPS) is 29.4. The van der Waals surface area contributed by atoms with Crippen LogP contribution in [0.4, 0.5) is 11.4 Å². The summed E-state index contributed by atoms with van der Waals surface area (Å²) in [6.07, 6.45) is -9.84. The topological polar surface area (TPSA) is 207 Å². The standard InChI is InChI=1S/C38H47N3O11Si/c1-21-34(53(3,4)25-13-11-24(50-2)12-14-25)28(19-29(43)41(16-17-42)20-22-8-6-5-7-9-22)52-38(21)26-18-23(10-15-27(26)40-37(38)49)39-35(47)33-31(45)30(44)32(46)36(48)51-33/h5-15,18,21,28,30-34,36,42,44-46,48H,16-17,19-20H2,1-4H3,(H,39,47)(H,40,49)/t21-,28+,30-,31-,32+,33-,34-,36+,38+/m0/s1. The van der Waals surface area contributed by atoms with E-state index in [0.717, 1.165) is 10.8 Å². The van der Waals surface area contributed by atoms with Gasteiger partial charge in [0.25, 0.3) is 11.8 Å². The summed E-state index contributed by atoms with van der Waals surface area (Å²) in [5.41, 5.74) is 0.198. The molecule has 0 bridgehead atoms. The molecule has 14 nitrogen and oxygen atoms in total. The third-order valence-electron chi connectivity index (χ3n) is 11.0. The van der Waals surface area contributed by atoms with Crippen molar-refractivity contribution < 1.29 is 54.1 Å². The van der Waals surface area contributed by atoms with Gasteiger partial charge >= 0.3 is 0 Å². The number of carbonyl (C=O) groups excluding carboxylic acids is 3. The maximum atomic E-state index is 14.2. The molecular formula is C38H47N3O11Si. The number of methoxy groups -OCH3 is 1. The van der Waals surface area contributed by atoms with Crippen molar-refractivity contribution in [1.82, 2.24) is 4.90 Å². The van der Waals surface area contributed by atoms with E-state index in [0.29, 0.717) is 17.0 Å². The molecule has 0 saturated carbocycles. The number of aliphatic hydroxyl groups excluding tert-OH is 5. The van der Waals surface area contributed by atoms with E-state index in [4.69, 9.17) is 14.2 Å². The smallest absolute Gasteiger partial charge is 0.261 e. The summed E-state index contributed by atoms with van der Waals surface area (Å²) in [6, 6.07) is 22.0. The summed E-state index contributed by atoms with van der Waals surface area (Å²) in [5, 5.41) is 56.9. The van der Waals surface area contributed by atoms with E-state index in [9.17, 15) is 39.9 Å². The Bertz CT molecular complexity index is 1810. The van der Waals surface area contributed by atoms with Gasteiger partial charge in [-0.2, -0.15) is 0 Å². The molecule has 15 heteroatoms. The molecule has 3 heterocycles. The summed E-state index contributed by atoms with van der Waals surface area (Å²) < 4.78 is 17.4. The molecule has 0 radical (unpaired) electrons. The van der Waals surface area contributed by atoms with E-state index in [1.807, 2.05) is 61.5 Å². The average molecular weight is 750 g/mol. The van der Waals surface area contributed by atoms with Gasteiger partial charge in [-0.05, 0) is 41.4 Å². The zero-order chi connectivity index (χ0) is 38.2. The van der Waals surface area contributed by atoms with Crippen molar-refractivity contribution >= 4 is 42.4 Å². The second-order valence-electron chi connectivity index (χ2n) is 14.5. The molecule has 3 aliphatic heterocycles. The molecule has 2 fully saturated rings. The van der Waals surface area contributed by atoms with Crippen molar-refractivity contribution in [2.45, 2.75) is 80.9 Å². The highest BCUT2D eigenvalue weighted by atomic mass is 28.3. The lowest BCUT2D eigenvalue weighted by Gasteiger charge is -2.37. The van der Waals surface area contributed by atoms with Crippen molar-refractivity contribution in [3.05, 3.63) is 83.9 Å². The molecule has 6 rings (SSSR count). The van der Waals surface area contributed by atoms with E-state index >= 15 is 0 Å². The van der Waals surface area contributed by atoms with Crippen molar-refractivity contribution in [1.29, 1.82) is 0 Å². The van der Waals surface area contributed by atoms with Gasteiger partial charge in [-0.1, -0.05) is 67.7 Å². The molecule has 9 atom stereocenters. The Morgan fingerprint density at radius 2 is 1.68 bits per heavy atom. The van der Waals surface area contributed by atoms with Crippen LogP contribution >= 0.6 is 0 Å². The third kappa shape index (κ3) is 7.11. The number of aliphatic hydroxyl groups is 5. The fraction of sp³-hybridized carbons (Fsp3) is 0.447. The van der Waals surface area contributed by atoms with Crippen LogP contribution in [0.15, 0.2) is 72.8 Å². The Balaban J connectivity index is 1.35. The van der Waals surface area contributed by atoms with E-state index in [1.165, 1.54) is 6.07 Å². The van der Waals surface area contributed by atoms with Crippen molar-refractivity contribution in [3.63, 3.8) is 0 Å². The van der Waals surface area contributed by atoms with E-state index in [1.54, 1.807) is 24.1 Å². The van der Waals surface area contributed by atoms with Crippen LogP contribution in [0.3, 0.4) is 0 Å². The summed E-state index contributed by atoms with van der Waals surface area (Å²) in [5.74, 6) is -1.31. The molecule has 3 aromatic rings. The maximum Gasteiger partial charge on any atom is 0.261 e. The van der Waals surface area contributed by atoms with Crippen molar-refractivity contribution in [3.8, 4) is 5.75 Å². The summed E-state index contributed by atoms with van der Waals surface area (Å²) in [6.45, 7) is 6.49. The van der Waals surface area contributed by atoms with Gasteiger partial charge in [0, 0.05) is 35.9 Å². The molecule has 0 aromatic heterocycles. The Kier molecular flexibility index (Phi) is 11.1. The fourth-order valence-corrected chi connectivity index (χ4v) is 12.2. The first-order valence-electron chi connectivity index (χ1n) is 17.6. The Morgan fingerprint density at radius 1 is 0.981 bits per heavy atom. The molecule has 3 amide bonds. The minimum Gasteiger partial charge on any atom is -0.497 e. The third-order valence-corrected chi connectivity index (χ3v) is 15.4. The highest BCUT2D eigenvalue weighted by molar-refractivity contribution is 6.91. The van der Waals surface area contributed by atoms with Crippen LogP contribution < -0.4 is 20.6 Å². The zero-order valence-corrected chi connectivity index (χ0v) is 31.0. The van der Waals surface area contributed by atoms with Crippen LogP contribution in [0.5, 0.6) is 5.75 Å². The molecule has 284 valence electrons. The molecule has 3 aliphatic rings. The van der Waals surface area contributed by atoms with Crippen LogP contribution in [0.1, 0.15) is 24.5 Å². The minimum absolute atomic E-state index is 0.0530. The van der Waals surface area contributed by atoms with Crippen LogP contribution in [0.2, 0.25) is 18.6 Å². The van der Waals surface area contributed by atoms with Crippen molar-refractivity contribution in [2.75, 3.05) is 30.9 Å². The molecule has 0 unspecified atom stereocenters. The summed E-state index contributed by atoms with van der Waals surface area (Å²) >= 11 is 0. The summed E-state index contributed by atoms with van der Waals surface area (Å²) in [7, 11) is -1.00. The van der Waals surface area contributed by atoms with Crippen LogP contribution in [0.25, 0.3) is 0 Å². The SMILES string of the molecule is COc1ccc([Si](C)(C)[C@@H]2[C@@H](CC(=O)N(CCO)Cc3ccccc3)O[C@]3(C(=O)Nc4ccc(NC(=O)[C@H]5O[C@@H](O)[C@H](O)[C@@H](O)[C@@H]5O)cc43)[C@H]2C)cc1. The molecule has 2 saturated heterocycles. The predicted molar refractivity (Wildman–Crippen MR) is 196 cm³/mol. The minimum atomic E-state index is -2.60. The maximum absolute atomic E-state index is 14.2. The lowest BCUT2D eigenvalue weighted by Crippen LogP contribution is -2.60. The van der Waals surface area contributed by atoms with E-state index < -0.39 is 68.2 Å². The van der Waals surface area contributed by atoms with Gasteiger partial charge in [0.05, 0.1) is 34.3 Å². The van der Waals surface area contributed by atoms with Crippen LogP contribution in [-0.4, -0.2) is 113 Å². The van der Waals surface area contributed by atoms with Gasteiger partial charge in [0.1, 0.15) is 24.1 Å². The first-order valence-corrected chi connectivity index (χ1v) is 20.7. The number of ether oxygens (including phenoxy) is 3. The first-order chi connectivity index (χ1) is 25.2. The van der Waals surface area contributed by atoms with Gasteiger partial charge in [-0.25, -0.2) is 0 Å². The monoisotopic (exact) mass is 749 g/mol. The van der Waals surface area contributed by atoms with Gasteiger partial charge < -0.3 is 55.3 Å². The van der Waals surface area contributed by atoms with Crippen LogP contribution in [-0.2, 0) is 36.0 Å². The molecule has 7 N–H and O–H groups in total. The quantitative estimate of drug-likeness (QED) is 0.138. The molecule has 1 spiro atoms. The Hall–Kier alpha value is -4.19. The lowest BCUT2D eigenvalue weighted by atomic mass is 9.82. The zero-order valence-electron chi connectivity index (χ0n) is 30.0. The van der Waals surface area contributed by atoms with Gasteiger partial charge in [0.2, 0.25) is 5.91 Å². The first kappa shape index (κ1) is 38.5. The number of anilines is 2. The number of hydrogen-bond acceptors (Lipinski definition) is 11. The van der Waals surface area contributed by atoms with Crippen molar-refractivity contribution in [2.24, 2.45) is 5.92 Å². The van der Waals surface area contributed by atoms with Crippen LogP contribution in [0, 0.1) is 5.92 Å². The predicted octanol–water partition coefficient (Wildman–Crippen LogP) is 1.01. The number of rotatable bonds is 11. The Labute approximate surface area is 308 Å². The van der Waals surface area contributed by atoms with Gasteiger partial charge in [-0.3, -0.25) is 14.4 Å². The summed E-state index contributed by atoms with van der Waals surface area (Å²) in [4.78, 5) is 43.2. The highest BCUT2D eigenvalue weighted by Gasteiger charge is 2.65. The molecule has 53 heavy (non-hydrogen) atoms. The number of nitrogens with zero attached hydrogens (tertiary/aromatic N) is 1. The second kappa shape index (κ2) is 15.3. The van der Waals surface area contributed by atoms with E-state index in [2.05, 4.69) is 23.7 Å². The number of hydrogen-bond donors (Lipinski definition) is 7. The fourth-order valence-electron chi connectivity index (χ4n) is 8.22. The largest absolute Gasteiger partial charge is 0.497 e. The number of benzene rings is 3. The van der Waals surface area contributed by atoms with E-state index in [-0.39, 0.29) is 43.3 Å². The number of carbonyl (C=O) groups is 3.